The zero-order valence-electron chi connectivity index (χ0n) is 11.0. The van der Waals surface area contributed by atoms with Crippen LogP contribution in [0.5, 0.6) is 0 Å². The summed E-state index contributed by atoms with van der Waals surface area (Å²) in [7, 11) is 0. The fraction of sp³-hybridized carbons (Fsp3) is 1.00. The maximum absolute atomic E-state index is 10.3. The summed E-state index contributed by atoms with van der Waals surface area (Å²) in [6.07, 6.45) is 6.33. The lowest BCUT2D eigenvalue weighted by Gasteiger charge is -2.59. The zero-order valence-corrected chi connectivity index (χ0v) is 11.0. The Balaban J connectivity index is 2.19. The van der Waals surface area contributed by atoms with E-state index in [9.17, 15) is 5.11 Å². The van der Waals surface area contributed by atoms with E-state index < -0.39 is 5.60 Å². The van der Waals surface area contributed by atoms with Gasteiger partial charge in [0, 0.05) is 0 Å². The van der Waals surface area contributed by atoms with Crippen molar-refractivity contribution in [3.05, 3.63) is 0 Å². The molecule has 0 unspecified atom stereocenters. The Hall–Kier alpha value is -0.0400. The molecule has 1 nitrogen and oxygen atoms in total. The zero-order chi connectivity index (χ0) is 11.5. The second-order valence-electron chi connectivity index (χ2n) is 7.21. The van der Waals surface area contributed by atoms with Gasteiger partial charge in [0.25, 0.3) is 0 Å². The molecule has 3 fully saturated rings. The summed E-state index contributed by atoms with van der Waals surface area (Å²) in [5, 5.41) is 10.3. The molecular formula is C14H26O. The van der Waals surface area contributed by atoms with Crippen LogP contribution in [0, 0.1) is 16.2 Å². The Kier molecular flexibility index (Phi) is 2.13. The van der Waals surface area contributed by atoms with Gasteiger partial charge in [-0.25, -0.2) is 0 Å². The second kappa shape index (κ2) is 2.80. The molecular weight excluding hydrogens is 184 g/mol. The number of hydrogen-bond acceptors (Lipinski definition) is 1. The minimum atomic E-state index is -0.475. The van der Waals surface area contributed by atoms with Crippen LogP contribution in [0.4, 0.5) is 0 Å². The first-order valence-corrected chi connectivity index (χ1v) is 6.41. The normalized spacial score (nSPS) is 40.4. The topological polar surface area (TPSA) is 20.2 Å². The summed E-state index contributed by atoms with van der Waals surface area (Å²) in [5.74, 6) is 0. The van der Waals surface area contributed by atoms with Crippen molar-refractivity contribution in [3.8, 4) is 0 Å². The summed E-state index contributed by atoms with van der Waals surface area (Å²) >= 11 is 0. The molecule has 3 rings (SSSR count). The Bertz CT molecular complexity index is 264. The summed E-state index contributed by atoms with van der Waals surface area (Å²) < 4.78 is 0. The van der Waals surface area contributed by atoms with Gasteiger partial charge in [0.1, 0.15) is 0 Å². The predicted octanol–water partition coefficient (Wildman–Crippen LogP) is 3.75. The van der Waals surface area contributed by atoms with Crippen LogP contribution in [0.15, 0.2) is 0 Å². The van der Waals surface area contributed by atoms with Gasteiger partial charge in [-0.3, -0.25) is 0 Å². The van der Waals surface area contributed by atoms with E-state index in [2.05, 4.69) is 20.8 Å². The largest absolute Gasteiger partial charge is 0.390 e. The minimum Gasteiger partial charge on any atom is -0.390 e. The average molecular weight is 210 g/mol. The molecule has 1 N–H and O–H groups in total. The Labute approximate surface area is 94.3 Å². The van der Waals surface area contributed by atoms with Crippen LogP contribution in [0.2, 0.25) is 0 Å². The van der Waals surface area contributed by atoms with Crippen molar-refractivity contribution in [1.82, 2.24) is 0 Å². The van der Waals surface area contributed by atoms with E-state index in [0.717, 1.165) is 0 Å². The average Bonchev–Trinajstić information content (AvgIpc) is 2.56. The Morgan fingerprint density at radius 2 is 1.47 bits per heavy atom. The second-order valence-corrected chi connectivity index (χ2v) is 7.21. The highest BCUT2D eigenvalue weighted by atomic mass is 16.3. The van der Waals surface area contributed by atoms with Gasteiger partial charge in [-0.2, -0.15) is 0 Å². The fourth-order valence-corrected chi connectivity index (χ4v) is 4.01. The number of aliphatic hydroxyl groups is 1. The lowest BCUT2D eigenvalue weighted by molar-refractivity contribution is -0.155. The van der Waals surface area contributed by atoms with Crippen molar-refractivity contribution in [2.45, 2.75) is 72.3 Å². The molecule has 0 aromatic carbocycles. The lowest BCUT2D eigenvalue weighted by atomic mass is 9.46. The van der Waals surface area contributed by atoms with Gasteiger partial charge >= 0.3 is 0 Å². The maximum Gasteiger partial charge on any atom is 0.0648 e. The summed E-state index contributed by atoms with van der Waals surface area (Å²) in [5.41, 5.74) is 0.774. The van der Waals surface area contributed by atoms with Crippen LogP contribution in [0.1, 0.15) is 66.7 Å². The standard InChI is InChI=1S/C14H26O/c1-6-11(2,3)13-7-8-14(9-13,10-13)12(4,5)15/h15H,6-10H2,1-5H3. The van der Waals surface area contributed by atoms with Gasteiger partial charge in [-0.15, -0.1) is 0 Å². The molecule has 3 aliphatic rings. The molecule has 0 amide bonds. The lowest BCUT2D eigenvalue weighted by Crippen LogP contribution is -2.55. The first kappa shape index (κ1) is 11.4. The first-order valence-electron chi connectivity index (χ1n) is 6.41. The smallest absolute Gasteiger partial charge is 0.0648 e. The Morgan fingerprint density at radius 3 is 1.80 bits per heavy atom. The van der Waals surface area contributed by atoms with E-state index in [1.807, 2.05) is 13.8 Å². The van der Waals surface area contributed by atoms with E-state index in [0.29, 0.717) is 10.8 Å². The maximum atomic E-state index is 10.3. The molecule has 3 saturated carbocycles. The predicted molar refractivity (Wildman–Crippen MR) is 63.7 cm³/mol. The van der Waals surface area contributed by atoms with Crippen LogP contribution < -0.4 is 0 Å². The molecule has 88 valence electrons. The quantitative estimate of drug-likeness (QED) is 0.752. The minimum absolute atomic E-state index is 0.249. The van der Waals surface area contributed by atoms with Crippen molar-refractivity contribution in [3.63, 3.8) is 0 Å². The van der Waals surface area contributed by atoms with Crippen LogP contribution in [0.3, 0.4) is 0 Å². The van der Waals surface area contributed by atoms with Gasteiger partial charge in [0.05, 0.1) is 5.60 Å². The highest BCUT2D eigenvalue weighted by molar-refractivity contribution is 5.19. The molecule has 1 heteroatoms. The molecule has 0 spiro atoms. The van der Waals surface area contributed by atoms with Crippen molar-refractivity contribution < 1.29 is 5.11 Å². The van der Waals surface area contributed by atoms with E-state index in [1.54, 1.807) is 0 Å². The molecule has 0 aromatic heterocycles. The van der Waals surface area contributed by atoms with Crippen LogP contribution >= 0.6 is 0 Å². The molecule has 0 atom stereocenters. The van der Waals surface area contributed by atoms with Gasteiger partial charge in [-0.1, -0.05) is 27.2 Å². The first-order chi connectivity index (χ1) is 6.68. The van der Waals surface area contributed by atoms with Gasteiger partial charge < -0.3 is 5.11 Å². The van der Waals surface area contributed by atoms with Crippen LogP contribution in [0.25, 0.3) is 0 Å². The van der Waals surface area contributed by atoms with Gasteiger partial charge in [-0.05, 0) is 55.8 Å². The molecule has 0 aromatic rings. The third kappa shape index (κ3) is 1.25. The van der Waals surface area contributed by atoms with E-state index in [4.69, 9.17) is 0 Å². The van der Waals surface area contributed by atoms with Crippen molar-refractivity contribution >= 4 is 0 Å². The highest BCUT2D eigenvalue weighted by Crippen LogP contribution is 2.76. The molecule has 0 aliphatic heterocycles. The van der Waals surface area contributed by atoms with E-state index >= 15 is 0 Å². The SMILES string of the molecule is CCC(C)(C)C12CCC(C(C)(C)O)(C1)C2. The number of fused-ring (bicyclic) bond motifs is 1. The van der Waals surface area contributed by atoms with E-state index in [1.165, 1.54) is 32.1 Å². The van der Waals surface area contributed by atoms with Crippen molar-refractivity contribution in [2.75, 3.05) is 0 Å². The monoisotopic (exact) mass is 210 g/mol. The third-order valence-electron chi connectivity index (χ3n) is 6.05. The van der Waals surface area contributed by atoms with Crippen LogP contribution in [-0.2, 0) is 0 Å². The summed E-state index contributed by atoms with van der Waals surface area (Å²) in [6.45, 7) is 11.1. The van der Waals surface area contributed by atoms with E-state index in [-0.39, 0.29) is 5.41 Å². The fourth-order valence-electron chi connectivity index (χ4n) is 4.01. The molecule has 15 heavy (non-hydrogen) atoms. The Morgan fingerprint density at radius 1 is 1.00 bits per heavy atom. The summed E-state index contributed by atoms with van der Waals surface area (Å²) in [6, 6.07) is 0. The molecule has 0 heterocycles. The van der Waals surface area contributed by atoms with Crippen molar-refractivity contribution in [1.29, 1.82) is 0 Å². The van der Waals surface area contributed by atoms with Gasteiger partial charge in [0.2, 0.25) is 0 Å². The highest BCUT2D eigenvalue weighted by Gasteiger charge is 2.69. The molecule has 0 saturated heterocycles. The number of rotatable bonds is 3. The van der Waals surface area contributed by atoms with Crippen molar-refractivity contribution in [2.24, 2.45) is 16.2 Å². The van der Waals surface area contributed by atoms with Gasteiger partial charge in [0.15, 0.2) is 0 Å². The summed E-state index contributed by atoms with van der Waals surface area (Å²) in [4.78, 5) is 0. The third-order valence-corrected chi connectivity index (χ3v) is 6.05. The molecule has 0 radical (unpaired) electrons. The number of hydrogen-bond donors (Lipinski definition) is 1. The molecule has 2 bridgehead atoms. The molecule has 3 aliphatic carbocycles. The van der Waals surface area contributed by atoms with Crippen LogP contribution in [-0.4, -0.2) is 10.7 Å².